The van der Waals surface area contributed by atoms with E-state index >= 15 is 0 Å². The van der Waals surface area contributed by atoms with E-state index in [1.165, 1.54) is 11.3 Å². The van der Waals surface area contributed by atoms with Crippen molar-refractivity contribution in [1.82, 2.24) is 9.71 Å². The van der Waals surface area contributed by atoms with E-state index in [1.807, 2.05) is 18.4 Å². The summed E-state index contributed by atoms with van der Waals surface area (Å²) in [7, 11) is -3.55. The van der Waals surface area contributed by atoms with Crippen molar-refractivity contribution in [3.05, 3.63) is 46.4 Å². The lowest BCUT2D eigenvalue weighted by Gasteiger charge is -2.23. The molecule has 0 radical (unpaired) electrons. The minimum absolute atomic E-state index is 0.275. The third-order valence-corrected chi connectivity index (χ3v) is 5.41. The maximum atomic E-state index is 12.4. The molecule has 0 aliphatic rings. The Labute approximate surface area is 117 Å². The standard InChI is InChI=1S/C13H16N2O2S2/c1-10-5-4-6-11(9-10)19(16,17)15-13(2,3)12-14-7-8-18-12/h4-9,15H,1-3H3. The molecule has 1 heterocycles. The van der Waals surface area contributed by atoms with E-state index in [2.05, 4.69) is 9.71 Å². The smallest absolute Gasteiger partial charge is 0.241 e. The molecular formula is C13H16N2O2S2. The Kier molecular flexibility index (Phi) is 3.75. The third-order valence-electron chi connectivity index (χ3n) is 2.66. The lowest BCUT2D eigenvalue weighted by Crippen LogP contribution is -2.40. The Balaban J connectivity index is 2.32. The normalized spacial score (nSPS) is 12.6. The van der Waals surface area contributed by atoms with E-state index in [1.54, 1.807) is 38.2 Å². The molecule has 2 rings (SSSR count). The van der Waals surface area contributed by atoms with Gasteiger partial charge in [-0.05, 0) is 38.5 Å². The van der Waals surface area contributed by atoms with Crippen molar-refractivity contribution in [3.8, 4) is 0 Å². The molecule has 1 aromatic carbocycles. The monoisotopic (exact) mass is 296 g/mol. The van der Waals surface area contributed by atoms with Crippen LogP contribution in [0.25, 0.3) is 0 Å². The predicted octanol–water partition coefficient (Wildman–Crippen LogP) is 2.67. The lowest BCUT2D eigenvalue weighted by atomic mass is 10.1. The van der Waals surface area contributed by atoms with Crippen LogP contribution < -0.4 is 4.72 Å². The highest BCUT2D eigenvalue weighted by Crippen LogP contribution is 2.24. The van der Waals surface area contributed by atoms with Crippen LogP contribution in [0, 0.1) is 6.92 Å². The first-order valence-electron chi connectivity index (χ1n) is 5.82. The summed E-state index contributed by atoms with van der Waals surface area (Å²) in [4.78, 5) is 4.45. The first-order chi connectivity index (χ1) is 8.81. The summed E-state index contributed by atoms with van der Waals surface area (Å²) in [6.07, 6.45) is 1.67. The van der Waals surface area contributed by atoms with Crippen LogP contribution >= 0.6 is 11.3 Å². The van der Waals surface area contributed by atoms with Gasteiger partial charge >= 0.3 is 0 Å². The zero-order valence-corrected chi connectivity index (χ0v) is 12.7. The highest BCUT2D eigenvalue weighted by Gasteiger charge is 2.29. The number of rotatable bonds is 4. The van der Waals surface area contributed by atoms with Crippen LogP contribution in [0.15, 0.2) is 40.7 Å². The zero-order chi connectivity index (χ0) is 14.1. The molecule has 0 saturated heterocycles. The average Bonchev–Trinajstić information content (AvgIpc) is 2.81. The molecule has 2 aromatic rings. The van der Waals surface area contributed by atoms with Gasteiger partial charge in [0.05, 0.1) is 10.4 Å². The molecule has 19 heavy (non-hydrogen) atoms. The molecule has 0 fully saturated rings. The highest BCUT2D eigenvalue weighted by molar-refractivity contribution is 7.89. The number of benzene rings is 1. The molecule has 102 valence electrons. The Bertz CT molecular complexity index is 662. The molecule has 0 bridgehead atoms. The van der Waals surface area contributed by atoms with E-state index in [-0.39, 0.29) is 4.90 Å². The molecule has 0 atom stereocenters. The van der Waals surface area contributed by atoms with E-state index in [0.29, 0.717) is 0 Å². The molecule has 6 heteroatoms. The van der Waals surface area contributed by atoms with Gasteiger partial charge in [0.2, 0.25) is 10.0 Å². The number of thiazole rings is 1. The summed E-state index contributed by atoms with van der Waals surface area (Å²) in [6, 6.07) is 6.85. The molecule has 0 unspecified atom stereocenters. The Hall–Kier alpha value is -1.24. The SMILES string of the molecule is Cc1cccc(S(=O)(=O)NC(C)(C)c2nccs2)c1. The van der Waals surface area contributed by atoms with Crippen LogP contribution in [0.3, 0.4) is 0 Å². The summed E-state index contributed by atoms with van der Waals surface area (Å²) < 4.78 is 27.4. The number of sulfonamides is 1. The van der Waals surface area contributed by atoms with Gasteiger partial charge in [-0.25, -0.2) is 13.4 Å². The van der Waals surface area contributed by atoms with Crippen LogP contribution in [0.1, 0.15) is 24.4 Å². The number of hydrogen-bond donors (Lipinski definition) is 1. The van der Waals surface area contributed by atoms with Crippen molar-refractivity contribution in [2.75, 3.05) is 0 Å². The fourth-order valence-corrected chi connectivity index (χ4v) is 4.02. The van der Waals surface area contributed by atoms with E-state index in [0.717, 1.165) is 10.6 Å². The Morgan fingerprint density at radius 3 is 2.63 bits per heavy atom. The second-order valence-corrected chi connectivity index (χ2v) is 7.46. The lowest BCUT2D eigenvalue weighted by molar-refractivity contribution is 0.470. The molecular weight excluding hydrogens is 280 g/mol. The number of aryl methyl sites for hydroxylation is 1. The van der Waals surface area contributed by atoms with Gasteiger partial charge in [0.1, 0.15) is 5.01 Å². The first-order valence-corrected chi connectivity index (χ1v) is 8.18. The molecule has 4 nitrogen and oxygen atoms in total. The predicted molar refractivity (Wildman–Crippen MR) is 76.6 cm³/mol. The van der Waals surface area contributed by atoms with Crippen LogP contribution in [0.5, 0.6) is 0 Å². The van der Waals surface area contributed by atoms with Crippen molar-refractivity contribution in [1.29, 1.82) is 0 Å². The molecule has 0 amide bonds. The minimum Gasteiger partial charge on any atom is -0.248 e. The van der Waals surface area contributed by atoms with Gasteiger partial charge in [-0.1, -0.05) is 12.1 Å². The maximum absolute atomic E-state index is 12.4. The second kappa shape index (κ2) is 5.03. The summed E-state index contributed by atoms with van der Waals surface area (Å²) in [5.41, 5.74) is 0.187. The molecule has 1 aromatic heterocycles. The molecule has 0 saturated carbocycles. The van der Waals surface area contributed by atoms with Gasteiger partial charge in [0.15, 0.2) is 0 Å². The summed E-state index contributed by atoms with van der Waals surface area (Å²) in [5.74, 6) is 0. The summed E-state index contributed by atoms with van der Waals surface area (Å²) >= 11 is 1.43. The van der Waals surface area contributed by atoms with Crippen molar-refractivity contribution < 1.29 is 8.42 Å². The van der Waals surface area contributed by atoms with Crippen molar-refractivity contribution in [2.45, 2.75) is 31.2 Å². The fraction of sp³-hybridized carbons (Fsp3) is 0.308. The van der Waals surface area contributed by atoms with Crippen LogP contribution in [-0.2, 0) is 15.6 Å². The minimum atomic E-state index is -3.55. The van der Waals surface area contributed by atoms with Crippen molar-refractivity contribution in [3.63, 3.8) is 0 Å². The van der Waals surface area contributed by atoms with Crippen LogP contribution in [0.4, 0.5) is 0 Å². The fourth-order valence-electron chi connectivity index (χ4n) is 1.75. The van der Waals surface area contributed by atoms with E-state index in [4.69, 9.17) is 0 Å². The Morgan fingerprint density at radius 2 is 2.05 bits per heavy atom. The summed E-state index contributed by atoms with van der Waals surface area (Å²) in [5, 5.41) is 2.57. The van der Waals surface area contributed by atoms with Gasteiger partial charge in [0.25, 0.3) is 0 Å². The number of nitrogens with zero attached hydrogens (tertiary/aromatic N) is 1. The van der Waals surface area contributed by atoms with Crippen LogP contribution in [0.2, 0.25) is 0 Å². The molecule has 0 aliphatic heterocycles. The quantitative estimate of drug-likeness (QED) is 0.943. The van der Waals surface area contributed by atoms with Gasteiger partial charge in [-0.2, -0.15) is 4.72 Å². The second-order valence-electron chi connectivity index (χ2n) is 4.88. The third kappa shape index (κ3) is 3.20. The topological polar surface area (TPSA) is 59.1 Å². The van der Waals surface area contributed by atoms with Gasteiger partial charge in [0, 0.05) is 11.6 Å². The van der Waals surface area contributed by atoms with E-state index < -0.39 is 15.6 Å². The van der Waals surface area contributed by atoms with Crippen molar-refractivity contribution >= 4 is 21.4 Å². The van der Waals surface area contributed by atoms with Crippen molar-refractivity contribution in [2.24, 2.45) is 0 Å². The van der Waals surface area contributed by atoms with Gasteiger partial charge in [-0.3, -0.25) is 0 Å². The van der Waals surface area contributed by atoms with Gasteiger partial charge in [-0.15, -0.1) is 11.3 Å². The van der Waals surface area contributed by atoms with Crippen LogP contribution in [-0.4, -0.2) is 13.4 Å². The largest absolute Gasteiger partial charge is 0.248 e. The van der Waals surface area contributed by atoms with E-state index in [9.17, 15) is 8.42 Å². The van der Waals surface area contributed by atoms with Gasteiger partial charge < -0.3 is 0 Å². The number of hydrogen-bond acceptors (Lipinski definition) is 4. The first kappa shape index (κ1) is 14.2. The average molecular weight is 296 g/mol. The number of aromatic nitrogens is 1. The summed E-state index contributed by atoms with van der Waals surface area (Å²) in [6.45, 7) is 5.48. The Morgan fingerprint density at radius 1 is 1.32 bits per heavy atom. The molecule has 0 spiro atoms. The highest BCUT2D eigenvalue weighted by atomic mass is 32.2. The molecule has 1 N–H and O–H groups in total. The maximum Gasteiger partial charge on any atom is 0.241 e. The zero-order valence-electron chi connectivity index (χ0n) is 11.0. The number of nitrogens with one attached hydrogen (secondary N) is 1. The molecule has 0 aliphatic carbocycles.